The lowest BCUT2D eigenvalue weighted by Crippen LogP contribution is -2.51. The molecule has 0 saturated carbocycles. The first kappa shape index (κ1) is 17.0. The van der Waals surface area contributed by atoms with E-state index in [-0.39, 0.29) is 17.6 Å². The first-order valence-electron chi connectivity index (χ1n) is 9.18. The molecule has 1 N–H and O–H groups in total. The smallest absolute Gasteiger partial charge is 0.270 e. The van der Waals surface area contributed by atoms with E-state index in [0.717, 1.165) is 25.9 Å². The Hall–Kier alpha value is -2.41. The van der Waals surface area contributed by atoms with Crippen molar-refractivity contribution in [1.82, 2.24) is 19.7 Å². The predicted octanol–water partition coefficient (Wildman–Crippen LogP) is 1.69. The summed E-state index contributed by atoms with van der Waals surface area (Å²) in [6, 6.07) is 6.35. The van der Waals surface area contributed by atoms with E-state index in [4.69, 9.17) is 0 Å². The van der Waals surface area contributed by atoms with Gasteiger partial charge in [0.1, 0.15) is 11.5 Å². The molecule has 0 radical (unpaired) electrons. The molecular formula is C19H23FN4O2. The Morgan fingerprint density at radius 3 is 2.42 bits per heavy atom. The summed E-state index contributed by atoms with van der Waals surface area (Å²) in [5, 5.41) is 0.436. The maximum Gasteiger partial charge on any atom is 0.270 e. The molecule has 2 saturated heterocycles. The van der Waals surface area contributed by atoms with Gasteiger partial charge >= 0.3 is 0 Å². The van der Waals surface area contributed by atoms with Gasteiger partial charge < -0.3 is 14.8 Å². The van der Waals surface area contributed by atoms with Gasteiger partial charge in [-0.15, -0.1) is 0 Å². The molecule has 0 aliphatic carbocycles. The van der Waals surface area contributed by atoms with E-state index in [0.29, 0.717) is 49.3 Å². The van der Waals surface area contributed by atoms with Crippen LogP contribution < -0.4 is 0 Å². The van der Waals surface area contributed by atoms with Crippen molar-refractivity contribution < 1.29 is 14.0 Å². The minimum Gasteiger partial charge on any atom is -0.350 e. The number of nitrogens with one attached hydrogen (secondary N) is 1. The van der Waals surface area contributed by atoms with Gasteiger partial charge in [0, 0.05) is 50.2 Å². The standard InChI is InChI=1S/C19H23FN4O2/c20-15-4-3-5-16-14(15)12-17(21-16)19(26)24-10-8-22(9-11-24)13-18(25)23-6-1-2-7-23/h3-5,12,21H,1-2,6-11,13H2. The van der Waals surface area contributed by atoms with E-state index < -0.39 is 0 Å². The van der Waals surface area contributed by atoms with E-state index in [9.17, 15) is 14.0 Å². The second kappa shape index (κ2) is 7.07. The number of hydrogen-bond donors (Lipinski definition) is 1. The first-order valence-corrected chi connectivity index (χ1v) is 9.18. The third-order valence-electron chi connectivity index (χ3n) is 5.32. The number of hydrogen-bond acceptors (Lipinski definition) is 3. The highest BCUT2D eigenvalue weighted by Crippen LogP contribution is 2.20. The summed E-state index contributed by atoms with van der Waals surface area (Å²) in [5.74, 6) is -0.262. The van der Waals surface area contributed by atoms with Crippen molar-refractivity contribution in [2.24, 2.45) is 0 Å². The topological polar surface area (TPSA) is 59.7 Å². The summed E-state index contributed by atoms with van der Waals surface area (Å²) in [4.78, 5) is 33.7. The molecule has 6 nitrogen and oxygen atoms in total. The van der Waals surface area contributed by atoms with Crippen LogP contribution in [0.5, 0.6) is 0 Å². The van der Waals surface area contributed by atoms with Crippen molar-refractivity contribution in [2.75, 3.05) is 45.8 Å². The van der Waals surface area contributed by atoms with Crippen molar-refractivity contribution in [3.63, 3.8) is 0 Å². The Labute approximate surface area is 151 Å². The van der Waals surface area contributed by atoms with Crippen LogP contribution in [0, 0.1) is 5.82 Å². The number of likely N-dealkylation sites (tertiary alicyclic amines) is 1. The molecule has 2 aromatic rings. The molecule has 0 bridgehead atoms. The van der Waals surface area contributed by atoms with Gasteiger partial charge in [-0.2, -0.15) is 0 Å². The van der Waals surface area contributed by atoms with Crippen LogP contribution in [-0.2, 0) is 4.79 Å². The van der Waals surface area contributed by atoms with E-state index in [1.807, 2.05) is 4.90 Å². The number of H-pyrrole nitrogens is 1. The van der Waals surface area contributed by atoms with Crippen LogP contribution in [0.2, 0.25) is 0 Å². The number of amides is 2. The molecule has 0 atom stereocenters. The average Bonchev–Trinajstić information content (AvgIpc) is 3.32. The molecule has 2 aliphatic heterocycles. The number of carbonyl (C=O) groups is 2. The third-order valence-corrected chi connectivity index (χ3v) is 5.32. The maximum absolute atomic E-state index is 13.8. The zero-order chi connectivity index (χ0) is 18.1. The van der Waals surface area contributed by atoms with Gasteiger partial charge in [0.25, 0.3) is 5.91 Å². The van der Waals surface area contributed by atoms with Gasteiger partial charge in [-0.3, -0.25) is 14.5 Å². The van der Waals surface area contributed by atoms with Gasteiger partial charge in [-0.1, -0.05) is 6.07 Å². The molecule has 26 heavy (non-hydrogen) atoms. The summed E-state index contributed by atoms with van der Waals surface area (Å²) >= 11 is 0. The number of halogens is 1. The summed E-state index contributed by atoms with van der Waals surface area (Å²) in [7, 11) is 0. The number of aromatic amines is 1. The molecule has 0 spiro atoms. The first-order chi connectivity index (χ1) is 12.6. The van der Waals surface area contributed by atoms with E-state index in [1.54, 1.807) is 23.1 Å². The Kier molecular flexibility index (Phi) is 4.63. The van der Waals surface area contributed by atoms with Crippen molar-refractivity contribution in [2.45, 2.75) is 12.8 Å². The minimum absolute atomic E-state index is 0.119. The fourth-order valence-electron chi connectivity index (χ4n) is 3.77. The maximum atomic E-state index is 13.8. The molecule has 2 fully saturated rings. The van der Waals surface area contributed by atoms with Crippen molar-refractivity contribution >= 4 is 22.7 Å². The third kappa shape index (κ3) is 3.31. The molecular weight excluding hydrogens is 335 g/mol. The van der Waals surface area contributed by atoms with Gasteiger partial charge in [-0.25, -0.2) is 4.39 Å². The van der Waals surface area contributed by atoms with Crippen LogP contribution in [0.15, 0.2) is 24.3 Å². The SMILES string of the molecule is O=C(CN1CCN(C(=O)c2cc3c(F)cccc3[nH]2)CC1)N1CCCC1. The van der Waals surface area contributed by atoms with Crippen molar-refractivity contribution in [1.29, 1.82) is 0 Å². The molecule has 1 aromatic heterocycles. The van der Waals surface area contributed by atoms with Crippen LogP contribution in [0.4, 0.5) is 4.39 Å². The summed E-state index contributed by atoms with van der Waals surface area (Å²) < 4.78 is 13.8. The Bertz CT molecular complexity index is 820. The van der Waals surface area contributed by atoms with Crippen LogP contribution in [-0.4, -0.2) is 77.3 Å². The fourth-order valence-corrected chi connectivity index (χ4v) is 3.77. The van der Waals surface area contributed by atoms with Gasteiger partial charge in [0.05, 0.1) is 6.54 Å². The quantitative estimate of drug-likeness (QED) is 0.908. The lowest BCUT2D eigenvalue weighted by atomic mass is 10.2. The van der Waals surface area contributed by atoms with Crippen molar-refractivity contribution in [3.8, 4) is 0 Å². The molecule has 0 unspecified atom stereocenters. The number of aromatic nitrogens is 1. The number of piperazine rings is 1. The molecule has 138 valence electrons. The summed E-state index contributed by atoms with van der Waals surface area (Å²) in [6.07, 6.45) is 2.19. The highest BCUT2D eigenvalue weighted by Gasteiger charge is 2.26. The summed E-state index contributed by atoms with van der Waals surface area (Å²) in [5.41, 5.74) is 1.04. The van der Waals surface area contributed by atoms with Gasteiger partial charge in [0.2, 0.25) is 5.91 Å². The number of nitrogens with zero attached hydrogens (tertiary/aromatic N) is 3. The Morgan fingerprint density at radius 1 is 1.00 bits per heavy atom. The second-order valence-electron chi connectivity index (χ2n) is 7.04. The lowest BCUT2D eigenvalue weighted by Gasteiger charge is -2.34. The van der Waals surface area contributed by atoms with Crippen LogP contribution >= 0.6 is 0 Å². The Balaban J connectivity index is 1.35. The number of carbonyl (C=O) groups excluding carboxylic acids is 2. The van der Waals surface area contributed by atoms with E-state index in [2.05, 4.69) is 9.88 Å². The van der Waals surface area contributed by atoms with Crippen LogP contribution in [0.1, 0.15) is 23.3 Å². The monoisotopic (exact) mass is 358 g/mol. The number of rotatable bonds is 3. The molecule has 2 aliphatic rings. The molecule has 7 heteroatoms. The predicted molar refractivity (Wildman–Crippen MR) is 96.4 cm³/mol. The van der Waals surface area contributed by atoms with Gasteiger partial charge in [0.15, 0.2) is 0 Å². The molecule has 1 aromatic carbocycles. The molecule has 4 rings (SSSR count). The largest absolute Gasteiger partial charge is 0.350 e. The van der Waals surface area contributed by atoms with E-state index >= 15 is 0 Å². The summed E-state index contributed by atoms with van der Waals surface area (Å²) in [6.45, 7) is 4.68. The van der Waals surface area contributed by atoms with Crippen LogP contribution in [0.3, 0.4) is 0 Å². The lowest BCUT2D eigenvalue weighted by molar-refractivity contribution is -0.131. The highest BCUT2D eigenvalue weighted by molar-refractivity contribution is 5.98. The average molecular weight is 358 g/mol. The normalized spacial score (nSPS) is 18.7. The van der Waals surface area contributed by atoms with Gasteiger partial charge in [-0.05, 0) is 31.0 Å². The molecule has 2 amide bonds. The highest BCUT2D eigenvalue weighted by atomic mass is 19.1. The minimum atomic E-state index is -0.331. The van der Waals surface area contributed by atoms with Crippen molar-refractivity contribution in [3.05, 3.63) is 35.8 Å². The number of fused-ring (bicyclic) bond motifs is 1. The zero-order valence-corrected chi connectivity index (χ0v) is 14.7. The molecule has 3 heterocycles. The Morgan fingerprint density at radius 2 is 1.73 bits per heavy atom. The van der Waals surface area contributed by atoms with E-state index in [1.165, 1.54) is 6.07 Å². The van der Waals surface area contributed by atoms with Crippen LogP contribution in [0.25, 0.3) is 10.9 Å². The fraction of sp³-hybridized carbons (Fsp3) is 0.474. The second-order valence-corrected chi connectivity index (χ2v) is 7.04. The zero-order valence-electron chi connectivity index (χ0n) is 14.7. The number of benzene rings is 1.